The van der Waals surface area contributed by atoms with E-state index in [1.807, 2.05) is 23.7 Å². The molecule has 0 radical (unpaired) electrons. The Kier molecular flexibility index (Phi) is 3.51. The summed E-state index contributed by atoms with van der Waals surface area (Å²) >= 11 is 1.63. The molecule has 0 aliphatic carbocycles. The Morgan fingerprint density at radius 2 is 1.96 bits per heavy atom. The second kappa shape index (κ2) is 5.81. The van der Waals surface area contributed by atoms with Gasteiger partial charge in [-0.15, -0.1) is 11.3 Å². The predicted octanol–water partition coefficient (Wildman–Crippen LogP) is 4.23. The summed E-state index contributed by atoms with van der Waals surface area (Å²) in [7, 11) is 0. The van der Waals surface area contributed by atoms with Gasteiger partial charge in [0.15, 0.2) is 0 Å². The van der Waals surface area contributed by atoms with Crippen LogP contribution in [0.4, 0.5) is 10.1 Å². The minimum Gasteiger partial charge on any atom is -0.379 e. The van der Waals surface area contributed by atoms with Crippen LogP contribution in [0.3, 0.4) is 0 Å². The molecule has 1 N–H and O–H groups in total. The zero-order valence-corrected chi connectivity index (χ0v) is 12.9. The van der Waals surface area contributed by atoms with E-state index in [1.54, 1.807) is 34.3 Å². The molecule has 4 aromatic rings. The molecule has 23 heavy (non-hydrogen) atoms. The quantitative estimate of drug-likeness (QED) is 0.611. The Morgan fingerprint density at radius 3 is 2.83 bits per heavy atom. The van der Waals surface area contributed by atoms with Crippen LogP contribution in [-0.4, -0.2) is 14.8 Å². The van der Waals surface area contributed by atoms with E-state index in [4.69, 9.17) is 0 Å². The Labute approximate surface area is 136 Å². The van der Waals surface area contributed by atoms with E-state index in [1.165, 1.54) is 16.8 Å². The summed E-state index contributed by atoms with van der Waals surface area (Å²) in [6.45, 7) is 0.618. The SMILES string of the molecule is Fc1ccc(-n2nccc2CNc2ccc3scnc3c2)cc1. The van der Waals surface area contributed by atoms with Crippen molar-refractivity contribution in [2.24, 2.45) is 0 Å². The molecule has 4 nitrogen and oxygen atoms in total. The van der Waals surface area contributed by atoms with E-state index >= 15 is 0 Å². The van der Waals surface area contributed by atoms with Crippen molar-refractivity contribution < 1.29 is 4.39 Å². The Hall–Kier alpha value is -2.73. The minimum atomic E-state index is -0.253. The monoisotopic (exact) mass is 324 g/mol. The summed E-state index contributed by atoms with van der Waals surface area (Å²) in [6, 6.07) is 14.4. The molecule has 0 amide bonds. The van der Waals surface area contributed by atoms with Crippen molar-refractivity contribution in [3.8, 4) is 5.69 Å². The molecule has 0 atom stereocenters. The summed E-state index contributed by atoms with van der Waals surface area (Å²) in [4.78, 5) is 4.32. The molecule has 0 saturated heterocycles. The highest BCUT2D eigenvalue weighted by atomic mass is 32.1. The van der Waals surface area contributed by atoms with Crippen LogP contribution in [0, 0.1) is 5.82 Å². The van der Waals surface area contributed by atoms with Crippen molar-refractivity contribution in [2.75, 3.05) is 5.32 Å². The summed E-state index contributed by atoms with van der Waals surface area (Å²) < 4.78 is 16.0. The van der Waals surface area contributed by atoms with Crippen molar-refractivity contribution in [3.63, 3.8) is 0 Å². The maximum absolute atomic E-state index is 13.1. The third-order valence-corrected chi connectivity index (χ3v) is 4.41. The number of aromatic nitrogens is 3. The smallest absolute Gasteiger partial charge is 0.123 e. The van der Waals surface area contributed by atoms with Crippen molar-refractivity contribution in [1.82, 2.24) is 14.8 Å². The van der Waals surface area contributed by atoms with Gasteiger partial charge in [-0.25, -0.2) is 14.1 Å². The van der Waals surface area contributed by atoms with Crippen LogP contribution >= 0.6 is 11.3 Å². The highest BCUT2D eigenvalue weighted by molar-refractivity contribution is 7.16. The fourth-order valence-electron chi connectivity index (χ4n) is 2.44. The zero-order valence-electron chi connectivity index (χ0n) is 12.1. The highest BCUT2D eigenvalue weighted by Crippen LogP contribution is 2.22. The van der Waals surface area contributed by atoms with Gasteiger partial charge in [0.25, 0.3) is 0 Å². The third-order valence-electron chi connectivity index (χ3n) is 3.60. The van der Waals surface area contributed by atoms with Gasteiger partial charge in [-0.05, 0) is 48.5 Å². The van der Waals surface area contributed by atoms with Gasteiger partial charge in [0.05, 0.1) is 33.7 Å². The number of fused-ring (bicyclic) bond motifs is 1. The molecule has 4 rings (SSSR count). The van der Waals surface area contributed by atoms with Crippen molar-refractivity contribution in [1.29, 1.82) is 0 Å². The maximum atomic E-state index is 13.1. The lowest BCUT2D eigenvalue weighted by atomic mass is 10.2. The summed E-state index contributed by atoms with van der Waals surface area (Å²) in [5, 5.41) is 7.69. The van der Waals surface area contributed by atoms with Crippen LogP contribution in [0.1, 0.15) is 5.69 Å². The standard InChI is InChI=1S/C17H13FN4S/c18-12-1-4-14(5-2-12)22-15(7-8-21-22)10-19-13-3-6-17-16(9-13)20-11-23-17/h1-9,11,19H,10H2. The van der Waals surface area contributed by atoms with Gasteiger partial charge in [-0.3, -0.25) is 0 Å². The van der Waals surface area contributed by atoms with Crippen LogP contribution in [-0.2, 0) is 6.54 Å². The number of benzene rings is 2. The number of hydrogen-bond donors (Lipinski definition) is 1. The number of hydrogen-bond acceptors (Lipinski definition) is 4. The Morgan fingerprint density at radius 1 is 1.09 bits per heavy atom. The Bertz CT molecular complexity index is 943. The molecule has 114 valence electrons. The van der Waals surface area contributed by atoms with Gasteiger partial charge in [0.2, 0.25) is 0 Å². The van der Waals surface area contributed by atoms with Gasteiger partial charge >= 0.3 is 0 Å². The molecule has 0 spiro atoms. The largest absolute Gasteiger partial charge is 0.379 e. The average Bonchev–Trinajstić information content (AvgIpc) is 3.22. The first kappa shape index (κ1) is 13.9. The minimum absolute atomic E-state index is 0.253. The van der Waals surface area contributed by atoms with Crippen LogP contribution in [0.15, 0.2) is 60.2 Å². The molecule has 2 heterocycles. The fraction of sp³-hybridized carbons (Fsp3) is 0.0588. The van der Waals surface area contributed by atoms with E-state index in [9.17, 15) is 4.39 Å². The van der Waals surface area contributed by atoms with E-state index in [-0.39, 0.29) is 5.82 Å². The van der Waals surface area contributed by atoms with E-state index in [0.29, 0.717) is 6.54 Å². The molecule has 2 aromatic carbocycles. The molecule has 6 heteroatoms. The number of anilines is 1. The first-order valence-corrected chi connectivity index (χ1v) is 8.03. The van der Waals surface area contributed by atoms with Gasteiger partial charge in [0, 0.05) is 11.9 Å². The van der Waals surface area contributed by atoms with Crippen molar-refractivity contribution in [3.05, 3.63) is 71.7 Å². The first-order chi connectivity index (χ1) is 11.3. The number of rotatable bonds is 4. The van der Waals surface area contributed by atoms with Crippen LogP contribution < -0.4 is 5.32 Å². The van der Waals surface area contributed by atoms with Gasteiger partial charge in [-0.1, -0.05) is 0 Å². The molecule has 0 bridgehead atoms. The van der Waals surface area contributed by atoms with Crippen molar-refractivity contribution in [2.45, 2.75) is 6.54 Å². The Balaban J connectivity index is 1.55. The number of halogens is 1. The normalized spacial score (nSPS) is 11.0. The van der Waals surface area contributed by atoms with E-state index < -0.39 is 0 Å². The molecule has 0 fully saturated rings. The number of thiazole rings is 1. The fourth-order valence-corrected chi connectivity index (χ4v) is 3.10. The van der Waals surface area contributed by atoms with E-state index in [2.05, 4.69) is 21.5 Å². The molecule has 0 saturated carbocycles. The van der Waals surface area contributed by atoms with Gasteiger partial charge in [0.1, 0.15) is 5.82 Å². The summed E-state index contributed by atoms with van der Waals surface area (Å²) in [6.07, 6.45) is 1.74. The van der Waals surface area contributed by atoms with Gasteiger partial charge < -0.3 is 5.32 Å². The molecule has 0 aliphatic rings. The molecular formula is C17H13FN4S. The molecular weight excluding hydrogens is 311 g/mol. The molecule has 0 aliphatic heterocycles. The zero-order chi connectivity index (χ0) is 15.6. The second-order valence-electron chi connectivity index (χ2n) is 5.10. The number of nitrogens with zero attached hydrogens (tertiary/aromatic N) is 3. The lowest BCUT2D eigenvalue weighted by molar-refractivity contribution is 0.626. The second-order valence-corrected chi connectivity index (χ2v) is 5.99. The highest BCUT2D eigenvalue weighted by Gasteiger charge is 2.06. The predicted molar refractivity (Wildman–Crippen MR) is 90.5 cm³/mol. The summed E-state index contributed by atoms with van der Waals surface area (Å²) in [5.74, 6) is -0.253. The third kappa shape index (κ3) is 2.80. The average molecular weight is 324 g/mol. The topological polar surface area (TPSA) is 42.7 Å². The van der Waals surface area contributed by atoms with Crippen LogP contribution in [0.2, 0.25) is 0 Å². The molecule has 0 unspecified atom stereocenters. The molecule has 2 aromatic heterocycles. The maximum Gasteiger partial charge on any atom is 0.123 e. The van der Waals surface area contributed by atoms with E-state index in [0.717, 1.165) is 22.6 Å². The van der Waals surface area contributed by atoms with Crippen molar-refractivity contribution >= 4 is 27.2 Å². The number of nitrogens with one attached hydrogen (secondary N) is 1. The summed E-state index contributed by atoms with van der Waals surface area (Å²) in [5.41, 5.74) is 5.68. The lowest BCUT2D eigenvalue weighted by Crippen LogP contribution is -2.07. The van der Waals surface area contributed by atoms with Crippen LogP contribution in [0.25, 0.3) is 15.9 Å². The van der Waals surface area contributed by atoms with Gasteiger partial charge in [-0.2, -0.15) is 5.10 Å². The lowest BCUT2D eigenvalue weighted by Gasteiger charge is -2.10. The first-order valence-electron chi connectivity index (χ1n) is 7.15. The van der Waals surface area contributed by atoms with Crippen LogP contribution in [0.5, 0.6) is 0 Å².